The van der Waals surface area contributed by atoms with E-state index >= 15 is 0 Å². The summed E-state index contributed by atoms with van der Waals surface area (Å²) in [6, 6.07) is 6.42. The maximum atomic E-state index is 11.3. The number of nitrogens with one attached hydrogen (secondary N) is 2. The van der Waals surface area contributed by atoms with Crippen LogP contribution in [0.25, 0.3) is 5.57 Å². The number of amides is 1. The lowest BCUT2D eigenvalue weighted by molar-refractivity contribution is -0.119. The quantitative estimate of drug-likeness (QED) is 0.877. The van der Waals surface area contributed by atoms with Crippen LogP contribution in [-0.4, -0.2) is 19.0 Å². The molecule has 1 atom stereocenters. The molecule has 0 aliphatic heterocycles. The van der Waals surface area contributed by atoms with Gasteiger partial charge in [0, 0.05) is 35.7 Å². The van der Waals surface area contributed by atoms with E-state index in [4.69, 9.17) is 0 Å². The number of benzene rings is 1. The first-order chi connectivity index (χ1) is 9.60. The molecule has 2 rings (SSSR count). The topological polar surface area (TPSA) is 41.1 Å². The summed E-state index contributed by atoms with van der Waals surface area (Å²) in [6.45, 7) is 1.58. The average molecular weight is 337 g/mol. The summed E-state index contributed by atoms with van der Waals surface area (Å²) in [6.07, 6.45) is 6.61. The second-order valence-electron chi connectivity index (χ2n) is 5.18. The van der Waals surface area contributed by atoms with Crippen LogP contribution in [-0.2, 0) is 4.79 Å². The Kier molecular flexibility index (Phi) is 5.24. The first kappa shape index (κ1) is 15.1. The fourth-order valence-electron chi connectivity index (χ4n) is 2.69. The molecule has 4 heteroatoms. The Hall–Kier alpha value is -1.29. The number of carbonyl (C=O) groups excluding carboxylic acids is 1. The molecular weight excluding hydrogens is 316 g/mol. The Bertz CT molecular complexity index is 525. The minimum atomic E-state index is 0.0376. The first-order valence-corrected chi connectivity index (χ1v) is 7.85. The molecule has 1 aliphatic rings. The summed E-state index contributed by atoms with van der Waals surface area (Å²) < 4.78 is 1.08. The first-order valence-electron chi connectivity index (χ1n) is 7.05. The molecule has 0 saturated carbocycles. The highest BCUT2D eigenvalue weighted by atomic mass is 79.9. The van der Waals surface area contributed by atoms with Gasteiger partial charge in [-0.25, -0.2) is 0 Å². The summed E-state index contributed by atoms with van der Waals surface area (Å²) in [7, 11) is 1.94. The summed E-state index contributed by atoms with van der Waals surface area (Å²) >= 11 is 3.54. The zero-order valence-corrected chi connectivity index (χ0v) is 13.6. The van der Waals surface area contributed by atoms with Gasteiger partial charge in [-0.2, -0.15) is 0 Å². The lowest BCUT2D eigenvalue weighted by Gasteiger charge is -2.15. The summed E-state index contributed by atoms with van der Waals surface area (Å²) in [5, 5.41) is 6.27. The Labute approximate surface area is 129 Å². The molecule has 1 aromatic carbocycles. The molecule has 1 unspecified atom stereocenters. The fraction of sp³-hybridized carbons (Fsp3) is 0.438. The number of allylic oxidation sites excluding steroid dienone is 1. The van der Waals surface area contributed by atoms with Crippen molar-refractivity contribution in [3.63, 3.8) is 0 Å². The van der Waals surface area contributed by atoms with Gasteiger partial charge in [0.15, 0.2) is 0 Å². The van der Waals surface area contributed by atoms with Gasteiger partial charge in [0.1, 0.15) is 0 Å². The lowest BCUT2D eigenvalue weighted by atomic mass is 9.99. The largest absolute Gasteiger partial charge is 0.388 e. The minimum Gasteiger partial charge on any atom is -0.388 e. The van der Waals surface area contributed by atoms with Crippen LogP contribution < -0.4 is 10.6 Å². The minimum absolute atomic E-state index is 0.0376. The van der Waals surface area contributed by atoms with E-state index in [1.165, 1.54) is 11.1 Å². The van der Waals surface area contributed by atoms with Crippen LogP contribution in [0.5, 0.6) is 0 Å². The molecule has 0 spiro atoms. The van der Waals surface area contributed by atoms with Gasteiger partial charge in [0.05, 0.1) is 0 Å². The van der Waals surface area contributed by atoms with E-state index in [0.29, 0.717) is 0 Å². The molecule has 2 N–H and O–H groups in total. The smallest absolute Gasteiger partial charge is 0.217 e. The molecule has 1 amide bonds. The van der Waals surface area contributed by atoms with Gasteiger partial charge in [0.25, 0.3) is 0 Å². The molecule has 0 fully saturated rings. The van der Waals surface area contributed by atoms with Crippen molar-refractivity contribution >= 4 is 33.1 Å². The van der Waals surface area contributed by atoms with Crippen LogP contribution in [0, 0.1) is 0 Å². The van der Waals surface area contributed by atoms with Crippen LogP contribution in [0.4, 0.5) is 5.69 Å². The fourth-order valence-corrected chi connectivity index (χ4v) is 3.05. The van der Waals surface area contributed by atoms with Crippen LogP contribution in [0.1, 0.15) is 38.2 Å². The highest BCUT2D eigenvalue weighted by Gasteiger charge is 2.16. The monoisotopic (exact) mass is 336 g/mol. The van der Waals surface area contributed by atoms with Gasteiger partial charge in [-0.3, -0.25) is 4.79 Å². The second kappa shape index (κ2) is 6.93. The highest BCUT2D eigenvalue weighted by molar-refractivity contribution is 9.10. The van der Waals surface area contributed by atoms with Crippen molar-refractivity contribution in [3.8, 4) is 0 Å². The SMILES string of the molecule is CNc1ccc(Br)cc1C1=CC(NC(C)=O)CCCC1. The molecule has 0 bridgehead atoms. The van der Waals surface area contributed by atoms with E-state index < -0.39 is 0 Å². The molecule has 20 heavy (non-hydrogen) atoms. The predicted molar refractivity (Wildman–Crippen MR) is 87.7 cm³/mol. The summed E-state index contributed by atoms with van der Waals surface area (Å²) in [5.74, 6) is 0.0376. The second-order valence-corrected chi connectivity index (χ2v) is 6.10. The van der Waals surface area contributed by atoms with Crippen LogP contribution in [0.15, 0.2) is 28.7 Å². The molecule has 108 valence electrons. The van der Waals surface area contributed by atoms with Gasteiger partial charge in [-0.15, -0.1) is 0 Å². The lowest BCUT2D eigenvalue weighted by Crippen LogP contribution is -2.31. The average Bonchev–Trinajstić information content (AvgIpc) is 2.63. The van der Waals surface area contributed by atoms with E-state index in [1.807, 2.05) is 13.1 Å². The van der Waals surface area contributed by atoms with Gasteiger partial charge < -0.3 is 10.6 Å². The number of halogens is 1. The maximum absolute atomic E-state index is 11.3. The van der Waals surface area contributed by atoms with Crippen molar-refractivity contribution in [2.24, 2.45) is 0 Å². The number of anilines is 1. The molecule has 0 radical (unpaired) electrons. The molecule has 1 aromatic rings. The Morgan fingerprint density at radius 2 is 2.15 bits per heavy atom. The Balaban J connectivity index is 2.35. The highest BCUT2D eigenvalue weighted by Crippen LogP contribution is 2.32. The van der Waals surface area contributed by atoms with E-state index in [2.05, 4.69) is 44.8 Å². The van der Waals surface area contributed by atoms with E-state index in [1.54, 1.807) is 6.92 Å². The molecule has 3 nitrogen and oxygen atoms in total. The van der Waals surface area contributed by atoms with Crippen molar-refractivity contribution in [1.29, 1.82) is 0 Å². The van der Waals surface area contributed by atoms with E-state index in [9.17, 15) is 4.79 Å². The van der Waals surface area contributed by atoms with Gasteiger partial charge in [-0.1, -0.05) is 28.4 Å². The van der Waals surface area contributed by atoms with Crippen molar-refractivity contribution in [1.82, 2.24) is 5.32 Å². The van der Waals surface area contributed by atoms with Crippen molar-refractivity contribution in [2.45, 2.75) is 38.6 Å². The molecule has 0 aromatic heterocycles. The van der Waals surface area contributed by atoms with Gasteiger partial charge in [0.2, 0.25) is 5.91 Å². The van der Waals surface area contributed by atoms with Crippen LogP contribution >= 0.6 is 15.9 Å². The van der Waals surface area contributed by atoms with E-state index in [0.717, 1.165) is 35.8 Å². The van der Waals surface area contributed by atoms with E-state index in [-0.39, 0.29) is 11.9 Å². The number of rotatable bonds is 3. The summed E-state index contributed by atoms with van der Waals surface area (Å²) in [4.78, 5) is 11.3. The van der Waals surface area contributed by atoms with Crippen LogP contribution in [0.2, 0.25) is 0 Å². The van der Waals surface area contributed by atoms with Gasteiger partial charge >= 0.3 is 0 Å². The van der Waals surface area contributed by atoms with Crippen molar-refractivity contribution in [2.75, 3.05) is 12.4 Å². The van der Waals surface area contributed by atoms with Crippen molar-refractivity contribution < 1.29 is 4.79 Å². The third-order valence-corrected chi connectivity index (χ3v) is 4.09. The maximum Gasteiger partial charge on any atom is 0.217 e. The molecule has 0 heterocycles. The van der Waals surface area contributed by atoms with Crippen LogP contribution in [0.3, 0.4) is 0 Å². The third kappa shape index (κ3) is 3.85. The number of hydrogen-bond acceptors (Lipinski definition) is 2. The third-order valence-electron chi connectivity index (χ3n) is 3.60. The number of hydrogen-bond donors (Lipinski definition) is 2. The predicted octanol–water partition coefficient (Wildman–Crippen LogP) is 3.95. The molecule has 0 saturated heterocycles. The summed E-state index contributed by atoms with van der Waals surface area (Å²) in [5.41, 5.74) is 3.66. The standard InChI is InChI=1S/C16H21BrN2O/c1-11(20)19-14-6-4-3-5-12(9-14)15-10-13(17)7-8-16(15)18-2/h7-10,14,18H,3-6H2,1-2H3,(H,19,20). The Morgan fingerprint density at radius 3 is 2.85 bits per heavy atom. The number of carbonyl (C=O) groups is 1. The zero-order chi connectivity index (χ0) is 14.5. The normalized spacial score (nSPS) is 18.9. The molecular formula is C16H21BrN2O. The molecule has 1 aliphatic carbocycles. The van der Waals surface area contributed by atoms with Gasteiger partial charge in [-0.05, 0) is 43.0 Å². The Morgan fingerprint density at radius 1 is 1.35 bits per heavy atom. The zero-order valence-electron chi connectivity index (χ0n) is 12.0. The van der Waals surface area contributed by atoms with Crippen molar-refractivity contribution in [3.05, 3.63) is 34.3 Å².